The van der Waals surface area contributed by atoms with Crippen molar-refractivity contribution in [3.63, 3.8) is 0 Å². The molecule has 0 aliphatic heterocycles. The zero-order chi connectivity index (χ0) is 13.2. The second-order valence-corrected chi connectivity index (χ2v) is 6.71. The summed E-state index contributed by atoms with van der Waals surface area (Å²) in [5.74, 6) is 0. The van der Waals surface area contributed by atoms with Gasteiger partial charge in [-0.25, -0.2) is 0 Å². The molecule has 0 bridgehead atoms. The van der Waals surface area contributed by atoms with E-state index >= 15 is 0 Å². The topological polar surface area (TPSA) is 44.5 Å². The van der Waals surface area contributed by atoms with Crippen molar-refractivity contribution in [2.24, 2.45) is 11.1 Å². The van der Waals surface area contributed by atoms with Gasteiger partial charge in [0.2, 0.25) is 0 Å². The maximum Gasteiger partial charge on any atom is 0.0661 e. The Morgan fingerprint density at radius 1 is 1.22 bits per heavy atom. The summed E-state index contributed by atoms with van der Waals surface area (Å²) in [7, 11) is 1.77. The average molecular weight is 255 g/mol. The Morgan fingerprint density at radius 3 is 2.44 bits per heavy atom. The first-order chi connectivity index (χ1) is 8.50. The molecule has 2 saturated carbocycles. The molecule has 0 amide bonds. The van der Waals surface area contributed by atoms with Crippen molar-refractivity contribution in [2.45, 2.75) is 76.5 Å². The Kier molecular flexibility index (Phi) is 4.35. The molecule has 18 heavy (non-hydrogen) atoms. The molecule has 0 aromatic carbocycles. The lowest BCUT2D eigenvalue weighted by Gasteiger charge is -2.56. The number of methoxy groups -OCH3 is 1. The number of hydrogen-bond acceptors (Lipinski definition) is 3. The predicted molar refractivity (Wildman–Crippen MR) is 73.6 cm³/mol. The highest BCUT2D eigenvalue weighted by molar-refractivity contribution is 5.07. The molecule has 1 spiro atoms. The Balaban J connectivity index is 1.80. The van der Waals surface area contributed by atoms with Crippen LogP contribution in [0.3, 0.4) is 0 Å². The van der Waals surface area contributed by atoms with Gasteiger partial charge in [-0.05, 0) is 39.5 Å². The first-order valence-electron chi connectivity index (χ1n) is 7.42. The van der Waals surface area contributed by atoms with E-state index in [-0.39, 0.29) is 5.60 Å². The summed E-state index contributed by atoms with van der Waals surface area (Å²) in [4.78, 5) is 0. The summed E-state index contributed by atoms with van der Waals surface area (Å²) >= 11 is 0. The lowest BCUT2D eigenvalue weighted by Crippen LogP contribution is -2.63. The molecule has 3 nitrogen and oxygen atoms in total. The molecule has 2 unspecified atom stereocenters. The van der Waals surface area contributed by atoms with Crippen molar-refractivity contribution in [1.29, 1.82) is 0 Å². The number of ether oxygens (including phenoxy) is 2. The van der Waals surface area contributed by atoms with E-state index in [0.29, 0.717) is 17.6 Å². The van der Waals surface area contributed by atoms with E-state index in [1.807, 2.05) is 0 Å². The predicted octanol–water partition coefficient (Wildman–Crippen LogP) is 2.87. The lowest BCUT2D eigenvalue weighted by molar-refractivity contribution is -0.150. The summed E-state index contributed by atoms with van der Waals surface area (Å²) in [6.45, 7) is 5.01. The van der Waals surface area contributed by atoms with Gasteiger partial charge in [-0.1, -0.05) is 19.3 Å². The molecule has 2 aliphatic rings. The van der Waals surface area contributed by atoms with Crippen LogP contribution in [0, 0.1) is 5.41 Å². The fourth-order valence-electron chi connectivity index (χ4n) is 3.46. The molecule has 3 heteroatoms. The minimum absolute atomic E-state index is 0.0778. The highest BCUT2D eigenvalue weighted by Crippen LogP contribution is 2.52. The highest BCUT2D eigenvalue weighted by atomic mass is 16.5. The Bertz CT molecular complexity index is 272. The van der Waals surface area contributed by atoms with E-state index < -0.39 is 0 Å². The largest absolute Gasteiger partial charge is 0.379 e. The Labute approximate surface area is 111 Å². The van der Waals surface area contributed by atoms with Crippen LogP contribution < -0.4 is 5.73 Å². The third kappa shape index (κ3) is 2.73. The van der Waals surface area contributed by atoms with Crippen molar-refractivity contribution in [3.05, 3.63) is 0 Å². The fraction of sp³-hybridized carbons (Fsp3) is 1.00. The van der Waals surface area contributed by atoms with Crippen molar-refractivity contribution < 1.29 is 9.47 Å². The van der Waals surface area contributed by atoms with Gasteiger partial charge in [-0.2, -0.15) is 0 Å². The van der Waals surface area contributed by atoms with Crippen LogP contribution in [0.4, 0.5) is 0 Å². The Morgan fingerprint density at radius 2 is 1.89 bits per heavy atom. The van der Waals surface area contributed by atoms with E-state index in [1.165, 1.54) is 32.1 Å². The molecule has 0 aromatic heterocycles. The van der Waals surface area contributed by atoms with E-state index in [2.05, 4.69) is 13.8 Å². The van der Waals surface area contributed by atoms with Crippen LogP contribution in [0.15, 0.2) is 0 Å². The van der Waals surface area contributed by atoms with Crippen LogP contribution in [0.2, 0.25) is 0 Å². The van der Waals surface area contributed by atoms with Crippen LogP contribution in [0.25, 0.3) is 0 Å². The average Bonchev–Trinajstić information content (AvgIpc) is 2.39. The molecule has 2 aliphatic carbocycles. The number of hydrogen-bond donors (Lipinski definition) is 1. The van der Waals surface area contributed by atoms with Crippen molar-refractivity contribution in [2.75, 3.05) is 13.7 Å². The summed E-state index contributed by atoms with van der Waals surface area (Å²) in [5.41, 5.74) is 6.49. The maximum absolute atomic E-state index is 6.26. The Hall–Kier alpha value is -0.120. The van der Waals surface area contributed by atoms with E-state index in [1.54, 1.807) is 7.11 Å². The number of rotatable bonds is 5. The van der Waals surface area contributed by atoms with Gasteiger partial charge in [0.05, 0.1) is 11.7 Å². The second kappa shape index (κ2) is 5.48. The quantitative estimate of drug-likeness (QED) is 0.821. The van der Waals surface area contributed by atoms with E-state index in [0.717, 1.165) is 19.4 Å². The second-order valence-electron chi connectivity index (χ2n) is 6.71. The van der Waals surface area contributed by atoms with Crippen molar-refractivity contribution >= 4 is 0 Å². The molecular weight excluding hydrogens is 226 g/mol. The minimum Gasteiger partial charge on any atom is -0.379 e. The van der Waals surface area contributed by atoms with Crippen LogP contribution in [-0.2, 0) is 9.47 Å². The van der Waals surface area contributed by atoms with Gasteiger partial charge >= 0.3 is 0 Å². The molecule has 106 valence electrons. The van der Waals surface area contributed by atoms with Crippen LogP contribution in [0.5, 0.6) is 0 Å². The van der Waals surface area contributed by atoms with E-state index in [4.69, 9.17) is 15.2 Å². The minimum atomic E-state index is -0.0778. The fourth-order valence-corrected chi connectivity index (χ4v) is 3.46. The van der Waals surface area contributed by atoms with Gasteiger partial charge in [0.1, 0.15) is 0 Å². The molecular formula is C15H29NO2. The molecule has 0 aromatic rings. The van der Waals surface area contributed by atoms with E-state index in [9.17, 15) is 0 Å². The summed E-state index contributed by atoms with van der Waals surface area (Å²) in [6, 6.07) is 0.373. The summed E-state index contributed by atoms with van der Waals surface area (Å²) in [5, 5.41) is 0. The lowest BCUT2D eigenvalue weighted by atomic mass is 9.55. The summed E-state index contributed by atoms with van der Waals surface area (Å²) in [6.07, 6.45) is 8.98. The van der Waals surface area contributed by atoms with Crippen molar-refractivity contribution in [3.8, 4) is 0 Å². The maximum atomic E-state index is 6.26. The third-order valence-electron chi connectivity index (χ3n) is 5.21. The zero-order valence-corrected chi connectivity index (χ0v) is 12.2. The van der Waals surface area contributed by atoms with Gasteiger partial charge in [0.15, 0.2) is 0 Å². The van der Waals surface area contributed by atoms with Gasteiger partial charge in [-0.15, -0.1) is 0 Å². The molecule has 2 N–H and O–H groups in total. The van der Waals surface area contributed by atoms with Crippen LogP contribution >= 0.6 is 0 Å². The first-order valence-corrected chi connectivity index (χ1v) is 7.42. The molecule has 0 saturated heterocycles. The number of nitrogens with two attached hydrogens (primary N) is 1. The standard InChI is InChI=1S/C15H29NO2/c1-14(2,17-3)9-10-18-13-11-12(16)15(13)7-5-4-6-8-15/h12-13H,4-11,16H2,1-3H3. The smallest absolute Gasteiger partial charge is 0.0661 e. The van der Waals surface area contributed by atoms with Gasteiger partial charge < -0.3 is 15.2 Å². The third-order valence-corrected chi connectivity index (χ3v) is 5.21. The highest BCUT2D eigenvalue weighted by Gasteiger charge is 2.53. The monoisotopic (exact) mass is 255 g/mol. The van der Waals surface area contributed by atoms with Gasteiger partial charge in [0, 0.05) is 25.2 Å². The normalized spacial score (nSPS) is 31.3. The molecule has 2 atom stereocenters. The van der Waals surface area contributed by atoms with Crippen LogP contribution in [-0.4, -0.2) is 31.5 Å². The molecule has 0 radical (unpaired) electrons. The van der Waals surface area contributed by atoms with Gasteiger partial charge in [-0.3, -0.25) is 0 Å². The summed E-state index contributed by atoms with van der Waals surface area (Å²) < 4.78 is 11.5. The first kappa shape index (κ1) is 14.3. The SMILES string of the molecule is COC(C)(C)CCOC1CC(N)C12CCCCC2. The zero-order valence-electron chi connectivity index (χ0n) is 12.2. The molecule has 2 fully saturated rings. The molecule has 2 rings (SSSR count). The molecule has 0 heterocycles. The van der Waals surface area contributed by atoms with Crippen LogP contribution in [0.1, 0.15) is 58.8 Å². The van der Waals surface area contributed by atoms with Crippen molar-refractivity contribution in [1.82, 2.24) is 0 Å². The van der Waals surface area contributed by atoms with Gasteiger partial charge in [0.25, 0.3) is 0 Å².